The number of hydrogen-bond acceptors (Lipinski definition) is 4. The van der Waals surface area contributed by atoms with E-state index in [-0.39, 0.29) is 48.6 Å². The van der Waals surface area contributed by atoms with E-state index in [0.29, 0.717) is 18.8 Å². The maximum atomic E-state index is 12.2. The van der Waals surface area contributed by atoms with Crippen LogP contribution in [0, 0.1) is 17.8 Å². The van der Waals surface area contributed by atoms with Crippen molar-refractivity contribution in [2.24, 2.45) is 17.8 Å². The second-order valence-corrected chi connectivity index (χ2v) is 5.81. The summed E-state index contributed by atoms with van der Waals surface area (Å²) >= 11 is 0. The van der Waals surface area contributed by atoms with Crippen LogP contribution in [0.15, 0.2) is 0 Å². The molecule has 2 amide bonds. The van der Waals surface area contributed by atoms with Crippen molar-refractivity contribution >= 4 is 23.4 Å². The number of piperidine rings is 1. The van der Waals surface area contributed by atoms with Crippen molar-refractivity contribution < 1.29 is 19.2 Å². The summed E-state index contributed by atoms with van der Waals surface area (Å²) in [5.74, 6) is -1.07. The first kappa shape index (κ1) is 13.9. The molecule has 1 heterocycles. The Labute approximate surface area is 112 Å². The quantitative estimate of drug-likeness (QED) is 0.610. The molecule has 1 aliphatic carbocycles. The Kier molecular flexibility index (Phi) is 4.12. The van der Waals surface area contributed by atoms with Gasteiger partial charge in [0.05, 0.1) is 5.92 Å². The van der Waals surface area contributed by atoms with Gasteiger partial charge in [-0.3, -0.25) is 24.5 Å². The lowest BCUT2D eigenvalue weighted by Gasteiger charge is -2.26. The van der Waals surface area contributed by atoms with E-state index in [1.165, 1.54) is 0 Å². The van der Waals surface area contributed by atoms with Gasteiger partial charge in [0.25, 0.3) is 0 Å². The van der Waals surface area contributed by atoms with Crippen LogP contribution in [0.5, 0.6) is 0 Å². The van der Waals surface area contributed by atoms with E-state index in [4.69, 9.17) is 0 Å². The molecule has 1 saturated carbocycles. The molecule has 0 aromatic rings. The van der Waals surface area contributed by atoms with Gasteiger partial charge in [0, 0.05) is 25.7 Å². The van der Waals surface area contributed by atoms with E-state index in [2.05, 4.69) is 5.32 Å². The standard InChI is InChI=1S/C14H19NO4/c1-8-2-3-11(16)10(4-8)12(17)5-9-6-13(18)15-14(19)7-9/h8-10H,2-7H2,1H3,(H,15,18,19)/t8-,10+/m0/s1. The molecule has 1 N–H and O–H groups in total. The summed E-state index contributed by atoms with van der Waals surface area (Å²) in [6.45, 7) is 2.05. The van der Waals surface area contributed by atoms with Gasteiger partial charge in [-0.1, -0.05) is 6.92 Å². The highest BCUT2D eigenvalue weighted by Crippen LogP contribution is 2.29. The van der Waals surface area contributed by atoms with Crippen LogP contribution in [0.1, 0.15) is 45.4 Å². The zero-order valence-electron chi connectivity index (χ0n) is 11.1. The van der Waals surface area contributed by atoms with Crippen LogP contribution in [0.25, 0.3) is 0 Å². The Hall–Kier alpha value is -1.52. The predicted octanol–water partition coefficient (Wildman–Crippen LogP) is 1.00. The maximum Gasteiger partial charge on any atom is 0.226 e. The number of carbonyl (C=O) groups is 4. The highest BCUT2D eigenvalue weighted by Gasteiger charge is 2.34. The highest BCUT2D eigenvalue weighted by atomic mass is 16.2. The summed E-state index contributed by atoms with van der Waals surface area (Å²) in [7, 11) is 0. The van der Waals surface area contributed by atoms with E-state index in [9.17, 15) is 19.2 Å². The van der Waals surface area contributed by atoms with Gasteiger partial charge in [0.2, 0.25) is 11.8 Å². The molecule has 1 saturated heterocycles. The number of Topliss-reactive ketones (excluding diaryl/α,β-unsaturated/α-hetero) is 2. The fourth-order valence-corrected chi connectivity index (χ4v) is 2.95. The minimum atomic E-state index is -0.510. The van der Waals surface area contributed by atoms with Crippen LogP contribution >= 0.6 is 0 Å². The fraction of sp³-hybridized carbons (Fsp3) is 0.714. The van der Waals surface area contributed by atoms with Crippen LogP contribution in [0.2, 0.25) is 0 Å². The Bertz CT molecular complexity index is 413. The molecule has 2 atom stereocenters. The molecule has 5 heteroatoms. The summed E-state index contributed by atoms with van der Waals surface area (Å²) in [5.41, 5.74) is 0. The van der Waals surface area contributed by atoms with Crippen molar-refractivity contribution in [1.82, 2.24) is 5.32 Å². The molecule has 0 aromatic heterocycles. The first-order chi connectivity index (χ1) is 8.95. The molecule has 2 rings (SSSR count). The summed E-state index contributed by atoms with van der Waals surface area (Å²) in [6.07, 6.45) is 2.52. The monoisotopic (exact) mass is 265 g/mol. The normalized spacial score (nSPS) is 29.2. The largest absolute Gasteiger partial charge is 0.299 e. The number of rotatable bonds is 3. The molecule has 2 fully saturated rings. The van der Waals surface area contributed by atoms with Crippen LogP contribution in [0.4, 0.5) is 0 Å². The zero-order valence-corrected chi connectivity index (χ0v) is 11.1. The molecule has 19 heavy (non-hydrogen) atoms. The lowest BCUT2D eigenvalue weighted by atomic mass is 9.76. The smallest absolute Gasteiger partial charge is 0.226 e. The molecular formula is C14H19NO4. The first-order valence-electron chi connectivity index (χ1n) is 6.83. The molecule has 5 nitrogen and oxygen atoms in total. The van der Waals surface area contributed by atoms with Crippen molar-refractivity contribution in [2.45, 2.75) is 45.4 Å². The number of amides is 2. The van der Waals surface area contributed by atoms with E-state index in [1.54, 1.807) is 0 Å². The topological polar surface area (TPSA) is 80.3 Å². The van der Waals surface area contributed by atoms with Crippen molar-refractivity contribution in [2.75, 3.05) is 0 Å². The number of hydrogen-bond donors (Lipinski definition) is 1. The third-order valence-electron chi connectivity index (χ3n) is 4.02. The fourth-order valence-electron chi connectivity index (χ4n) is 2.95. The molecule has 0 spiro atoms. The van der Waals surface area contributed by atoms with Gasteiger partial charge in [-0.15, -0.1) is 0 Å². The minimum Gasteiger partial charge on any atom is -0.299 e. The van der Waals surface area contributed by atoms with Gasteiger partial charge in [-0.2, -0.15) is 0 Å². The molecule has 1 aliphatic heterocycles. The van der Waals surface area contributed by atoms with E-state index >= 15 is 0 Å². The molecule has 104 valence electrons. The molecule has 2 aliphatic rings. The van der Waals surface area contributed by atoms with Crippen LogP contribution in [-0.2, 0) is 19.2 Å². The molecule has 0 aromatic carbocycles. The van der Waals surface area contributed by atoms with Gasteiger partial charge in [0.1, 0.15) is 11.6 Å². The third-order valence-corrected chi connectivity index (χ3v) is 4.02. The van der Waals surface area contributed by atoms with Crippen molar-refractivity contribution in [1.29, 1.82) is 0 Å². The average Bonchev–Trinajstić information content (AvgIpc) is 2.30. The van der Waals surface area contributed by atoms with Crippen LogP contribution in [-0.4, -0.2) is 23.4 Å². The Morgan fingerprint density at radius 1 is 1.21 bits per heavy atom. The molecule has 0 bridgehead atoms. The summed E-state index contributed by atoms with van der Waals surface area (Å²) < 4.78 is 0. The van der Waals surface area contributed by atoms with Crippen LogP contribution in [0.3, 0.4) is 0 Å². The summed E-state index contributed by atoms with van der Waals surface area (Å²) in [6, 6.07) is 0. The van der Waals surface area contributed by atoms with Gasteiger partial charge < -0.3 is 0 Å². The Morgan fingerprint density at radius 3 is 2.47 bits per heavy atom. The summed E-state index contributed by atoms with van der Waals surface area (Å²) in [4.78, 5) is 46.5. The van der Waals surface area contributed by atoms with Crippen LogP contribution < -0.4 is 5.32 Å². The maximum absolute atomic E-state index is 12.2. The number of imide groups is 1. The predicted molar refractivity (Wildman–Crippen MR) is 67.0 cm³/mol. The number of ketones is 2. The van der Waals surface area contributed by atoms with Gasteiger partial charge in [-0.25, -0.2) is 0 Å². The van der Waals surface area contributed by atoms with Gasteiger partial charge in [0.15, 0.2) is 0 Å². The second kappa shape index (κ2) is 5.63. The Morgan fingerprint density at radius 2 is 1.84 bits per heavy atom. The van der Waals surface area contributed by atoms with Crippen molar-refractivity contribution in [3.63, 3.8) is 0 Å². The van der Waals surface area contributed by atoms with E-state index < -0.39 is 5.92 Å². The minimum absolute atomic E-state index is 0.0229. The van der Waals surface area contributed by atoms with E-state index in [0.717, 1.165) is 6.42 Å². The SMILES string of the molecule is C[C@H]1CCC(=O)[C@H](C(=O)CC2CC(=O)NC(=O)C2)C1. The molecular weight excluding hydrogens is 246 g/mol. The Balaban J connectivity index is 1.94. The first-order valence-corrected chi connectivity index (χ1v) is 6.83. The second-order valence-electron chi connectivity index (χ2n) is 5.81. The third kappa shape index (κ3) is 3.49. The van der Waals surface area contributed by atoms with Gasteiger partial charge >= 0.3 is 0 Å². The lowest BCUT2D eigenvalue weighted by molar-refractivity contribution is -0.137. The van der Waals surface area contributed by atoms with E-state index in [1.807, 2.05) is 6.92 Å². The average molecular weight is 265 g/mol. The number of nitrogens with one attached hydrogen (secondary N) is 1. The molecule has 0 unspecified atom stereocenters. The van der Waals surface area contributed by atoms with Gasteiger partial charge in [-0.05, 0) is 24.7 Å². The highest BCUT2D eigenvalue weighted by molar-refractivity contribution is 6.04. The number of carbonyl (C=O) groups excluding carboxylic acids is 4. The molecule has 0 radical (unpaired) electrons. The van der Waals surface area contributed by atoms with Crippen molar-refractivity contribution in [3.8, 4) is 0 Å². The summed E-state index contributed by atoms with van der Waals surface area (Å²) in [5, 5.41) is 2.22. The van der Waals surface area contributed by atoms with Crippen molar-refractivity contribution in [3.05, 3.63) is 0 Å². The zero-order chi connectivity index (χ0) is 14.0. The lowest BCUT2D eigenvalue weighted by Crippen LogP contribution is -2.40.